The molecule has 0 fully saturated rings. The minimum atomic E-state index is 0.382. The van der Waals surface area contributed by atoms with Gasteiger partial charge in [-0.05, 0) is 43.2 Å². The summed E-state index contributed by atoms with van der Waals surface area (Å²) in [6.07, 6.45) is 5.40. The highest BCUT2D eigenvalue weighted by atomic mass is 16.5. The van der Waals surface area contributed by atoms with Crippen LogP contribution in [0.25, 0.3) is 0 Å². The fourth-order valence-corrected chi connectivity index (χ4v) is 2.66. The molecule has 1 aromatic rings. The lowest BCUT2D eigenvalue weighted by atomic mass is 9.98. The number of carbonyl (C=O) groups excluding carboxylic acids is 1. The predicted octanol–water partition coefficient (Wildman–Crippen LogP) is 4.98. The van der Waals surface area contributed by atoms with Crippen LogP contribution in [0.2, 0.25) is 0 Å². The van der Waals surface area contributed by atoms with E-state index in [4.69, 9.17) is 4.74 Å². The normalized spacial score (nSPS) is 10.9. The molecule has 0 aliphatic rings. The Labute approximate surface area is 129 Å². The number of ether oxygens (including phenoxy) is 1. The summed E-state index contributed by atoms with van der Waals surface area (Å²) >= 11 is 0. The van der Waals surface area contributed by atoms with E-state index in [1.165, 1.54) is 11.1 Å². The molecule has 118 valence electrons. The molecule has 2 nitrogen and oxygen atoms in total. The maximum atomic E-state index is 11.8. The van der Waals surface area contributed by atoms with Crippen LogP contribution in [0.15, 0.2) is 18.2 Å². The van der Waals surface area contributed by atoms with Gasteiger partial charge in [-0.15, -0.1) is 0 Å². The standard InChI is InChI=1S/C19H30O2/c1-5-9-16-10-7-11-17(19(16)21-6-2)12-8-13-18(20)14-15(3)4/h7,10-11,15H,5-6,8-9,12-14H2,1-4H3. The van der Waals surface area contributed by atoms with Crippen LogP contribution >= 0.6 is 0 Å². The van der Waals surface area contributed by atoms with Gasteiger partial charge in [0.15, 0.2) is 0 Å². The molecule has 21 heavy (non-hydrogen) atoms. The first-order chi connectivity index (χ1) is 10.1. The summed E-state index contributed by atoms with van der Waals surface area (Å²) in [6.45, 7) is 9.10. The molecule has 0 saturated heterocycles. The van der Waals surface area contributed by atoms with E-state index in [1.807, 2.05) is 6.92 Å². The first-order valence-corrected chi connectivity index (χ1v) is 8.33. The van der Waals surface area contributed by atoms with Crippen LogP contribution < -0.4 is 4.74 Å². The molecule has 0 unspecified atom stereocenters. The number of hydrogen-bond donors (Lipinski definition) is 0. The van der Waals surface area contributed by atoms with Crippen LogP contribution in [0.4, 0.5) is 0 Å². The third kappa shape index (κ3) is 6.33. The summed E-state index contributed by atoms with van der Waals surface area (Å²) in [5.74, 6) is 1.90. The van der Waals surface area contributed by atoms with Crippen molar-refractivity contribution in [1.82, 2.24) is 0 Å². The van der Waals surface area contributed by atoms with Crippen molar-refractivity contribution in [2.75, 3.05) is 6.61 Å². The monoisotopic (exact) mass is 290 g/mol. The van der Waals surface area contributed by atoms with E-state index in [0.717, 1.165) is 31.4 Å². The van der Waals surface area contributed by atoms with Crippen LogP contribution in [0.3, 0.4) is 0 Å². The molecule has 1 rings (SSSR count). The molecule has 0 heterocycles. The summed E-state index contributed by atoms with van der Waals surface area (Å²) in [5, 5.41) is 0. The molecule has 0 N–H and O–H groups in total. The van der Waals surface area contributed by atoms with Gasteiger partial charge in [0, 0.05) is 12.8 Å². The number of Topliss-reactive ketones (excluding diaryl/α,β-unsaturated/α-hetero) is 1. The lowest BCUT2D eigenvalue weighted by Crippen LogP contribution is -2.05. The summed E-state index contributed by atoms with van der Waals surface area (Å²) in [4.78, 5) is 11.8. The summed E-state index contributed by atoms with van der Waals surface area (Å²) < 4.78 is 5.86. The second-order valence-corrected chi connectivity index (χ2v) is 6.08. The van der Waals surface area contributed by atoms with E-state index in [-0.39, 0.29) is 0 Å². The van der Waals surface area contributed by atoms with E-state index in [1.54, 1.807) is 0 Å². The zero-order chi connectivity index (χ0) is 15.7. The first kappa shape index (κ1) is 17.7. The minimum Gasteiger partial charge on any atom is -0.493 e. The summed E-state index contributed by atoms with van der Waals surface area (Å²) in [5.41, 5.74) is 2.55. The topological polar surface area (TPSA) is 26.3 Å². The van der Waals surface area contributed by atoms with Crippen molar-refractivity contribution < 1.29 is 9.53 Å². The van der Waals surface area contributed by atoms with Gasteiger partial charge in [-0.25, -0.2) is 0 Å². The molecule has 0 amide bonds. The Bertz CT molecular complexity index is 435. The summed E-state index contributed by atoms with van der Waals surface area (Å²) in [6, 6.07) is 6.40. The van der Waals surface area contributed by atoms with Gasteiger partial charge in [0.05, 0.1) is 6.61 Å². The van der Waals surface area contributed by atoms with Gasteiger partial charge in [0.2, 0.25) is 0 Å². The maximum absolute atomic E-state index is 11.8. The molecule has 0 spiro atoms. The van der Waals surface area contributed by atoms with Gasteiger partial charge < -0.3 is 4.74 Å². The van der Waals surface area contributed by atoms with Gasteiger partial charge in [0.1, 0.15) is 11.5 Å². The van der Waals surface area contributed by atoms with Crippen LogP contribution in [0.5, 0.6) is 5.75 Å². The number of hydrogen-bond acceptors (Lipinski definition) is 2. The Morgan fingerprint density at radius 2 is 1.81 bits per heavy atom. The largest absolute Gasteiger partial charge is 0.493 e. The van der Waals surface area contributed by atoms with Crippen molar-refractivity contribution in [2.24, 2.45) is 5.92 Å². The third-order valence-corrected chi connectivity index (χ3v) is 3.52. The number of aryl methyl sites for hydroxylation is 2. The molecule has 0 radical (unpaired) electrons. The van der Waals surface area contributed by atoms with E-state index >= 15 is 0 Å². The quantitative estimate of drug-likeness (QED) is 0.607. The Balaban J connectivity index is 2.65. The van der Waals surface area contributed by atoms with E-state index in [9.17, 15) is 4.79 Å². The summed E-state index contributed by atoms with van der Waals surface area (Å²) in [7, 11) is 0. The second kappa shape index (κ2) is 9.59. The van der Waals surface area contributed by atoms with Crippen molar-refractivity contribution in [3.63, 3.8) is 0 Å². The molecule has 0 saturated carbocycles. The van der Waals surface area contributed by atoms with Gasteiger partial charge in [0.25, 0.3) is 0 Å². The molecule has 0 atom stereocenters. The molecule has 0 aliphatic carbocycles. The highest BCUT2D eigenvalue weighted by Gasteiger charge is 2.10. The van der Waals surface area contributed by atoms with Gasteiger partial charge in [-0.2, -0.15) is 0 Å². The fourth-order valence-electron chi connectivity index (χ4n) is 2.66. The average Bonchev–Trinajstić information content (AvgIpc) is 2.41. The van der Waals surface area contributed by atoms with Crippen LogP contribution in [0.1, 0.15) is 64.5 Å². The number of ketones is 1. The molecular formula is C19H30O2. The predicted molar refractivity (Wildman–Crippen MR) is 89.0 cm³/mol. The Hall–Kier alpha value is -1.31. The minimum absolute atomic E-state index is 0.382. The van der Waals surface area contributed by atoms with Crippen molar-refractivity contribution in [3.8, 4) is 5.75 Å². The van der Waals surface area contributed by atoms with Crippen LogP contribution in [0, 0.1) is 5.92 Å². The highest BCUT2D eigenvalue weighted by molar-refractivity contribution is 5.78. The molecule has 0 aromatic heterocycles. The van der Waals surface area contributed by atoms with Crippen molar-refractivity contribution in [1.29, 1.82) is 0 Å². The van der Waals surface area contributed by atoms with Gasteiger partial charge >= 0.3 is 0 Å². The number of benzene rings is 1. The van der Waals surface area contributed by atoms with E-state index < -0.39 is 0 Å². The smallest absolute Gasteiger partial charge is 0.133 e. The Morgan fingerprint density at radius 3 is 2.38 bits per heavy atom. The second-order valence-electron chi connectivity index (χ2n) is 6.08. The lowest BCUT2D eigenvalue weighted by Gasteiger charge is -2.15. The molecular weight excluding hydrogens is 260 g/mol. The maximum Gasteiger partial charge on any atom is 0.133 e. The third-order valence-electron chi connectivity index (χ3n) is 3.52. The molecule has 0 aliphatic heterocycles. The zero-order valence-electron chi connectivity index (χ0n) is 14.1. The number of carbonyl (C=O) groups is 1. The van der Waals surface area contributed by atoms with E-state index in [2.05, 4.69) is 39.0 Å². The SMILES string of the molecule is CCCc1cccc(CCCC(=O)CC(C)C)c1OCC. The van der Waals surface area contributed by atoms with Crippen LogP contribution in [-0.2, 0) is 17.6 Å². The van der Waals surface area contributed by atoms with Crippen molar-refractivity contribution in [2.45, 2.75) is 66.2 Å². The van der Waals surface area contributed by atoms with E-state index in [0.29, 0.717) is 31.1 Å². The molecule has 2 heteroatoms. The average molecular weight is 290 g/mol. The van der Waals surface area contributed by atoms with Gasteiger partial charge in [-0.1, -0.05) is 45.4 Å². The molecule has 1 aromatic carbocycles. The Kier molecular flexibility index (Phi) is 8.11. The zero-order valence-corrected chi connectivity index (χ0v) is 14.1. The Morgan fingerprint density at radius 1 is 1.14 bits per heavy atom. The van der Waals surface area contributed by atoms with Crippen molar-refractivity contribution >= 4 is 5.78 Å². The lowest BCUT2D eigenvalue weighted by molar-refractivity contribution is -0.119. The highest BCUT2D eigenvalue weighted by Crippen LogP contribution is 2.27. The molecule has 0 bridgehead atoms. The van der Waals surface area contributed by atoms with Gasteiger partial charge in [-0.3, -0.25) is 4.79 Å². The van der Waals surface area contributed by atoms with Crippen LogP contribution in [-0.4, -0.2) is 12.4 Å². The number of para-hydroxylation sites is 1. The first-order valence-electron chi connectivity index (χ1n) is 8.33. The van der Waals surface area contributed by atoms with Crippen molar-refractivity contribution in [3.05, 3.63) is 29.3 Å². The number of rotatable bonds is 10. The fraction of sp³-hybridized carbons (Fsp3) is 0.632.